The molecule has 1 fully saturated rings. The Morgan fingerprint density at radius 3 is 2.45 bits per heavy atom. The summed E-state index contributed by atoms with van der Waals surface area (Å²) in [7, 11) is 0. The van der Waals surface area contributed by atoms with Gasteiger partial charge in [0.05, 0.1) is 18.7 Å². The summed E-state index contributed by atoms with van der Waals surface area (Å²) in [5.74, 6) is 0.173. The number of benzene rings is 2. The molecule has 1 saturated heterocycles. The lowest BCUT2D eigenvalue weighted by molar-refractivity contribution is -0.130. The number of amides is 2. The van der Waals surface area contributed by atoms with Crippen LogP contribution in [0.15, 0.2) is 42.5 Å². The molecule has 1 aliphatic rings. The SMILES string of the molecule is CCOc1ccccc1C(=O)NCC(=O)N1CCN(c2cccc(C)c2C)CC1. The maximum atomic E-state index is 12.6. The lowest BCUT2D eigenvalue weighted by Gasteiger charge is -2.37. The van der Waals surface area contributed by atoms with Crippen LogP contribution in [0.5, 0.6) is 5.75 Å². The molecule has 1 heterocycles. The molecule has 154 valence electrons. The van der Waals surface area contributed by atoms with E-state index < -0.39 is 0 Å². The molecule has 2 amide bonds. The Labute approximate surface area is 172 Å². The van der Waals surface area contributed by atoms with Gasteiger partial charge in [-0.1, -0.05) is 24.3 Å². The Kier molecular flexibility index (Phi) is 6.75. The minimum absolute atomic E-state index is 0.0111. The number of para-hydroxylation sites is 1. The van der Waals surface area contributed by atoms with Gasteiger partial charge in [0.1, 0.15) is 5.75 Å². The number of hydrogen-bond acceptors (Lipinski definition) is 4. The quantitative estimate of drug-likeness (QED) is 0.817. The second-order valence-corrected chi connectivity index (χ2v) is 7.20. The van der Waals surface area contributed by atoms with Crippen molar-refractivity contribution in [3.8, 4) is 5.75 Å². The first kappa shape index (κ1) is 20.7. The number of rotatable bonds is 6. The van der Waals surface area contributed by atoms with Crippen molar-refractivity contribution in [2.24, 2.45) is 0 Å². The molecule has 2 aromatic carbocycles. The summed E-state index contributed by atoms with van der Waals surface area (Å²) in [5, 5.41) is 2.73. The van der Waals surface area contributed by atoms with Crippen molar-refractivity contribution in [2.45, 2.75) is 20.8 Å². The number of carbonyl (C=O) groups excluding carboxylic acids is 2. The third-order valence-electron chi connectivity index (χ3n) is 5.38. The number of hydrogen-bond donors (Lipinski definition) is 1. The Morgan fingerprint density at radius 1 is 1.00 bits per heavy atom. The Hall–Kier alpha value is -3.02. The normalized spacial score (nSPS) is 13.9. The fraction of sp³-hybridized carbons (Fsp3) is 0.391. The van der Waals surface area contributed by atoms with E-state index in [2.05, 4.69) is 42.3 Å². The summed E-state index contributed by atoms with van der Waals surface area (Å²) in [6.07, 6.45) is 0. The van der Waals surface area contributed by atoms with Crippen molar-refractivity contribution in [1.82, 2.24) is 10.2 Å². The van der Waals surface area contributed by atoms with Gasteiger partial charge in [-0.2, -0.15) is 0 Å². The highest BCUT2D eigenvalue weighted by atomic mass is 16.5. The number of anilines is 1. The topological polar surface area (TPSA) is 61.9 Å². The van der Waals surface area contributed by atoms with Crippen LogP contribution in [-0.2, 0) is 4.79 Å². The highest BCUT2D eigenvalue weighted by Crippen LogP contribution is 2.24. The van der Waals surface area contributed by atoms with Gasteiger partial charge in [-0.3, -0.25) is 9.59 Å². The molecule has 29 heavy (non-hydrogen) atoms. The van der Waals surface area contributed by atoms with Gasteiger partial charge >= 0.3 is 0 Å². The molecule has 6 nitrogen and oxygen atoms in total. The van der Waals surface area contributed by atoms with Crippen LogP contribution >= 0.6 is 0 Å². The maximum absolute atomic E-state index is 12.6. The van der Waals surface area contributed by atoms with Crippen LogP contribution in [0.1, 0.15) is 28.4 Å². The molecule has 1 N–H and O–H groups in total. The van der Waals surface area contributed by atoms with Crippen LogP contribution in [0.4, 0.5) is 5.69 Å². The summed E-state index contributed by atoms with van der Waals surface area (Å²) < 4.78 is 5.49. The van der Waals surface area contributed by atoms with Gasteiger partial charge in [0.2, 0.25) is 5.91 Å². The molecular weight excluding hydrogens is 366 g/mol. The number of piperazine rings is 1. The van der Waals surface area contributed by atoms with Gasteiger partial charge in [0.15, 0.2) is 0 Å². The zero-order valence-electron chi connectivity index (χ0n) is 17.4. The van der Waals surface area contributed by atoms with Gasteiger partial charge < -0.3 is 19.9 Å². The van der Waals surface area contributed by atoms with Crippen molar-refractivity contribution in [2.75, 3.05) is 44.2 Å². The number of nitrogens with zero attached hydrogens (tertiary/aromatic N) is 2. The molecule has 2 aromatic rings. The van der Waals surface area contributed by atoms with E-state index in [0.717, 1.165) is 13.1 Å². The van der Waals surface area contributed by atoms with Gasteiger partial charge in [0.25, 0.3) is 5.91 Å². The predicted octanol–water partition coefficient (Wildman–Crippen LogP) is 2.78. The monoisotopic (exact) mass is 395 g/mol. The van der Waals surface area contributed by atoms with Crippen LogP contribution < -0.4 is 15.0 Å². The van der Waals surface area contributed by atoms with Crippen LogP contribution in [-0.4, -0.2) is 56.0 Å². The average molecular weight is 396 g/mol. The minimum atomic E-state index is -0.295. The third-order valence-corrected chi connectivity index (χ3v) is 5.38. The molecule has 0 unspecified atom stereocenters. The van der Waals surface area contributed by atoms with E-state index in [1.807, 2.05) is 17.9 Å². The maximum Gasteiger partial charge on any atom is 0.255 e. The van der Waals surface area contributed by atoms with E-state index in [4.69, 9.17) is 4.74 Å². The minimum Gasteiger partial charge on any atom is -0.493 e. The van der Waals surface area contributed by atoms with E-state index in [1.165, 1.54) is 16.8 Å². The molecular formula is C23H29N3O3. The summed E-state index contributed by atoms with van der Waals surface area (Å²) in [6, 6.07) is 13.4. The lowest BCUT2D eigenvalue weighted by atomic mass is 10.1. The summed E-state index contributed by atoms with van der Waals surface area (Å²) in [4.78, 5) is 29.2. The lowest BCUT2D eigenvalue weighted by Crippen LogP contribution is -2.51. The van der Waals surface area contributed by atoms with Crippen molar-refractivity contribution in [3.05, 3.63) is 59.2 Å². The smallest absolute Gasteiger partial charge is 0.255 e. The van der Waals surface area contributed by atoms with Gasteiger partial charge in [0, 0.05) is 31.9 Å². The molecule has 0 aliphatic carbocycles. The van der Waals surface area contributed by atoms with E-state index in [0.29, 0.717) is 31.0 Å². The summed E-state index contributed by atoms with van der Waals surface area (Å²) in [6.45, 7) is 9.47. The van der Waals surface area contributed by atoms with E-state index in [9.17, 15) is 9.59 Å². The molecule has 0 aromatic heterocycles. The molecule has 0 atom stereocenters. The predicted molar refractivity (Wildman–Crippen MR) is 115 cm³/mol. The molecule has 0 saturated carbocycles. The molecule has 0 spiro atoms. The Morgan fingerprint density at radius 2 is 1.72 bits per heavy atom. The number of carbonyl (C=O) groups is 2. The second-order valence-electron chi connectivity index (χ2n) is 7.20. The highest BCUT2D eigenvalue weighted by Gasteiger charge is 2.23. The Balaban J connectivity index is 1.53. The van der Waals surface area contributed by atoms with E-state index >= 15 is 0 Å². The molecule has 1 aliphatic heterocycles. The molecule has 0 radical (unpaired) electrons. The van der Waals surface area contributed by atoms with Gasteiger partial charge in [-0.25, -0.2) is 0 Å². The van der Waals surface area contributed by atoms with Crippen molar-refractivity contribution < 1.29 is 14.3 Å². The first-order valence-electron chi connectivity index (χ1n) is 10.1. The van der Waals surface area contributed by atoms with Crippen molar-refractivity contribution in [3.63, 3.8) is 0 Å². The fourth-order valence-corrected chi connectivity index (χ4v) is 3.57. The van der Waals surface area contributed by atoms with E-state index in [1.54, 1.807) is 18.2 Å². The van der Waals surface area contributed by atoms with Gasteiger partial charge in [-0.05, 0) is 50.1 Å². The Bertz CT molecular complexity index is 873. The number of nitrogens with one attached hydrogen (secondary N) is 1. The molecule has 0 bridgehead atoms. The zero-order valence-corrected chi connectivity index (χ0v) is 17.4. The van der Waals surface area contributed by atoms with Crippen molar-refractivity contribution >= 4 is 17.5 Å². The van der Waals surface area contributed by atoms with Crippen LogP contribution in [0.2, 0.25) is 0 Å². The standard InChI is InChI=1S/C23H29N3O3/c1-4-29-21-11-6-5-9-19(21)23(28)24-16-22(27)26-14-12-25(13-15-26)20-10-7-8-17(2)18(20)3/h5-11H,4,12-16H2,1-3H3,(H,24,28). The summed E-state index contributed by atoms with van der Waals surface area (Å²) in [5.41, 5.74) is 4.24. The molecule has 6 heteroatoms. The van der Waals surface area contributed by atoms with Crippen LogP contribution in [0, 0.1) is 13.8 Å². The fourth-order valence-electron chi connectivity index (χ4n) is 3.57. The highest BCUT2D eigenvalue weighted by molar-refractivity contribution is 5.98. The van der Waals surface area contributed by atoms with Crippen LogP contribution in [0.25, 0.3) is 0 Å². The first-order chi connectivity index (χ1) is 14.0. The number of ether oxygens (including phenoxy) is 1. The van der Waals surface area contributed by atoms with E-state index in [-0.39, 0.29) is 18.4 Å². The first-order valence-corrected chi connectivity index (χ1v) is 10.1. The van der Waals surface area contributed by atoms with Crippen molar-refractivity contribution in [1.29, 1.82) is 0 Å². The average Bonchev–Trinajstić information content (AvgIpc) is 2.74. The molecule has 3 rings (SSSR count). The second kappa shape index (κ2) is 9.45. The number of aryl methyl sites for hydroxylation is 1. The zero-order chi connectivity index (χ0) is 20.8. The van der Waals surface area contributed by atoms with Gasteiger partial charge in [-0.15, -0.1) is 0 Å². The van der Waals surface area contributed by atoms with Crippen LogP contribution in [0.3, 0.4) is 0 Å². The summed E-state index contributed by atoms with van der Waals surface area (Å²) >= 11 is 0. The third kappa shape index (κ3) is 4.88. The largest absolute Gasteiger partial charge is 0.493 e.